The third-order valence-corrected chi connectivity index (χ3v) is 12.8. The normalized spacial score (nSPS) is 12.5. The van der Waals surface area contributed by atoms with E-state index in [1.807, 2.05) is 0 Å². The molecule has 68 heavy (non-hydrogen) atoms. The lowest BCUT2D eigenvalue weighted by molar-refractivity contribution is -0.167. The second-order valence-corrected chi connectivity index (χ2v) is 19.5. The highest BCUT2D eigenvalue weighted by Crippen LogP contribution is 2.16. The van der Waals surface area contributed by atoms with Crippen LogP contribution >= 0.6 is 0 Å². The highest BCUT2D eigenvalue weighted by Gasteiger charge is 2.19. The first-order chi connectivity index (χ1) is 33.5. The molecule has 1 unspecified atom stereocenters. The molecule has 0 spiro atoms. The van der Waals surface area contributed by atoms with E-state index in [1.165, 1.54) is 167 Å². The molecular formula is C62H110O6. The number of hydrogen-bond acceptors (Lipinski definition) is 6. The van der Waals surface area contributed by atoms with Gasteiger partial charge in [-0.3, -0.25) is 14.4 Å². The number of ether oxygens (including phenoxy) is 3. The fraction of sp³-hybridized carbons (Fsp3) is 0.790. The van der Waals surface area contributed by atoms with E-state index in [0.29, 0.717) is 19.3 Å². The molecular weight excluding hydrogens is 841 g/mol. The van der Waals surface area contributed by atoms with Gasteiger partial charge in [0, 0.05) is 19.3 Å². The van der Waals surface area contributed by atoms with Gasteiger partial charge in [0.25, 0.3) is 0 Å². The average Bonchev–Trinajstić information content (AvgIpc) is 3.34. The number of hydrogen-bond donors (Lipinski definition) is 0. The Labute approximate surface area is 421 Å². The Morgan fingerprint density at radius 2 is 0.574 bits per heavy atom. The van der Waals surface area contributed by atoms with Crippen LogP contribution in [-0.2, 0) is 28.6 Å². The minimum atomic E-state index is -0.781. The summed E-state index contributed by atoms with van der Waals surface area (Å²) in [4.78, 5) is 38.2. The molecule has 0 aliphatic heterocycles. The smallest absolute Gasteiger partial charge is 0.306 e. The Balaban J connectivity index is 4.38. The third-order valence-electron chi connectivity index (χ3n) is 12.8. The molecule has 0 amide bonds. The lowest BCUT2D eigenvalue weighted by atomic mass is 10.0. The first kappa shape index (κ1) is 65.1. The van der Waals surface area contributed by atoms with Gasteiger partial charge in [-0.1, -0.05) is 255 Å². The molecule has 0 saturated carbocycles. The van der Waals surface area contributed by atoms with Gasteiger partial charge < -0.3 is 14.2 Å². The Bertz CT molecular complexity index is 1230. The third kappa shape index (κ3) is 54.1. The number of rotatable bonds is 53. The standard InChI is InChI=1S/C62H110O6/c1-4-7-10-13-16-19-22-25-28-30-31-33-34-37-40-43-46-49-52-55-61(64)67-58-59(57-66-60(63)54-51-48-45-42-39-36-27-24-21-18-15-12-9-6-3)68-62(65)56-53-50-47-44-41-38-35-32-29-26-23-20-17-14-11-8-5-2/h7,10,16,19,25-26,28-29,31,33,59H,4-6,8-9,11-15,17-18,20-24,27,30,32,34-58H2,1-3H3/b10-7-,19-16-,28-25-,29-26-,33-31-. The number of allylic oxidation sites excluding steroid dienone is 10. The summed E-state index contributed by atoms with van der Waals surface area (Å²) in [5.74, 6) is -0.883. The summed E-state index contributed by atoms with van der Waals surface area (Å²) in [5.41, 5.74) is 0. The van der Waals surface area contributed by atoms with Crippen molar-refractivity contribution in [3.8, 4) is 0 Å². The Morgan fingerprint density at radius 3 is 0.912 bits per heavy atom. The quantitative estimate of drug-likeness (QED) is 0.0262. The molecule has 0 saturated heterocycles. The van der Waals surface area contributed by atoms with E-state index in [-0.39, 0.29) is 31.1 Å². The first-order valence-corrected chi connectivity index (χ1v) is 29.3. The van der Waals surface area contributed by atoms with Crippen LogP contribution in [0, 0.1) is 0 Å². The summed E-state index contributed by atoms with van der Waals surface area (Å²) in [5, 5.41) is 0. The Hall–Kier alpha value is -2.89. The summed E-state index contributed by atoms with van der Waals surface area (Å²) in [6, 6.07) is 0. The van der Waals surface area contributed by atoms with Crippen molar-refractivity contribution in [2.24, 2.45) is 0 Å². The first-order valence-electron chi connectivity index (χ1n) is 29.3. The van der Waals surface area contributed by atoms with Gasteiger partial charge in [0.1, 0.15) is 13.2 Å². The maximum Gasteiger partial charge on any atom is 0.306 e. The van der Waals surface area contributed by atoms with Crippen molar-refractivity contribution in [1.82, 2.24) is 0 Å². The van der Waals surface area contributed by atoms with E-state index in [1.54, 1.807) is 0 Å². The molecule has 0 aliphatic rings. The van der Waals surface area contributed by atoms with Crippen LogP contribution in [0.5, 0.6) is 0 Å². The molecule has 394 valence electrons. The molecule has 0 aromatic rings. The minimum Gasteiger partial charge on any atom is -0.462 e. The molecule has 0 aliphatic carbocycles. The molecule has 1 atom stereocenters. The summed E-state index contributed by atoms with van der Waals surface area (Å²) in [6.45, 7) is 6.54. The predicted octanol–water partition coefficient (Wildman–Crippen LogP) is 19.6. The topological polar surface area (TPSA) is 78.9 Å². The minimum absolute atomic E-state index is 0.0778. The highest BCUT2D eigenvalue weighted by atomic mass is 16.6. The van der Waals surface area contributed by atoms with Crippen LogP contribution in [0.3, 0.4) is 0 Å². The van der Waals surface area contributed by atoms with Crippen molar-refractivity contribution in [2.45, 2.75) is 303 Å². The maximum atomic E-state index is 12.9. The van der Waals surface area contributed by atoms with Gasteiger partial charge in [0.2, 0.25) is 0 Å². The van der Waals surface area contributed by atoms with Crippen molar-refractivity contribution < 1.29 is 28.6 Å². The van der Waals surface area contributed by atoms with E-state index in [4.69, 9.17) is 14.2 Å². The van der Waals surface area contributed by atoms with Gasteiger partial charge in [-0.2, -0.15) is 0 Å². The zero-order valence-electron chi connectivity index (χ0n) is 45.1. The van der Waals surface area contributed by atoms with E-state index in [2.05, 4.69) is 81.5 Å². The van der Waals surface area contributed by atoms with E-state index in [9.17, 15) is 14.4 Å². The van der Waals surface area contributed by atoms with Crippen LogP contribution in [0.15, 0.2) is 60.8 Å². The largest absolute Gasteiger partial charge is 0.462 e. The van der Waals surface area contributed by atoms with Crippen molar-refractivity contribution in [3.63, 3.8) is 0 Å². The maximum absolute atomic E-state index is 12.9. The molecule has 0 aromatic heterocycles. The van der Waals surface area contributed by atoms with Crippen molar-refractivity contribution in [2.75, 3.05) is 13.2 Å². The van der Waals surface area contributed by atoms with Crippen LogP contribution in [0.25, 0.3) is 0 Å². The average molecular weight is 952 g/mol. The zero-order chi connectivity index (χ0) is 49.3. The second kappa shape index (κ2) is 56.7. The summed E-state index contributed by atoms with van der Waals surface area (Å²) in [7, 11) is 0. The van der Waals surface area contributed by atoms with Crippen molar-refractivity contribution >= 4 is 17.9 Å². The predicted molar refractivity (Wildman–Crippen MR) is 293 cm³/mol. The lowest BCUT2D eigenvalue weighted by Crippen LogP contribution is -2.30. The zero-order valence-corrected chi connectivity index (χ0v) is 45.1. The fourth-order valence-electron chi connectivity index (χ4n) is 8.37. The number of carbonyl (C=O) groups is 3. The van der Waals surface area contributed by atoms with E-state index >= 15 is 0 Å². The molecule has 0 N–H and O–H groups in total. The lowest BCUT2D eigenvalue weighted by Gasteiger charge is -2.18. The van der Waals surface area contributed by atoms with Crippen LogP contribution in [-0.4, -0.2) is 37.2 Å². The number of esters is 3. The molecule has 0 heterocycles. The van der Waals surface area contributed by atoms with Gasteiger partial charge in [-0.05, 0) is 83.5 Å². The summed E-state index contributed by atoms with van der Waals surface area (Å²) in [6.07, 6.45) is 70.6. The fourth-order valence-corrected chi connectivity index (χ4v) is 8.37. The van der Waals surface area contributed by atoms with E-state index in [0.717, 1.165) is 89.9 Å². The van der Waals surface area contributed by atoms with Crippen molar-refractivity contribution in [3.05, 3.63) is 60.8 Å². The highest BCUT2D eigenvalue weighted by molar-refractivity contribution is 5.71. The molecule has 0 aromatic carbocycles. The summed E-state index contributed by atoms with van der Waals surface area (Å²) >= 11 is 0. The van der Waals surface area contributed by atoms with Crippen LogP contribution in [0.4, 0.5) is 0 Å². The Morgan fingerprint density at radius 1 is 0.309 bits per heavy atom. The SMILES string of the molecule is CC/C=C\C/C=C\C/C=C\C/C=C\CCCCCCCCC(=O)OCC(COC(=O)CCCCCCCCCCCCCCCC)OC(=O)CCCCCCCCC/C=C\CCCCCCCC. The van der Waals surface area contributed by atoms with Gasteiger partial charge in [-0.25, -0.2) is 0 Å². The van der Waals surface area contributed by atoms with Crippen LogP contribution in [0.2, 0.25) is 0 Å². The van der Waals surface area contributed by atoms with Gasteiger partial charge in [0.05, 0.1) is 0 Å². The van der Waals surface area contributed by atoms with Gasteiger partial charge in [-0.15, -0.1) is 0 Å². The summed E-state index contributed by atoms with van der Waals surface area (Å²) < 4.78 is 16.9. The molecule has 0 rings (SSSR count). The van der Waals surface area contributed by atoms with Crippen molar-refractivity contribution in [1.29, 1.82) is 0 Å². The monoisotopic (exact) mass is 951 g/mol. The van der Waals surface area contributed by atoms with E-state index < -0.39 is 6.10 Å². The van der Waals surface area contributed by atoms with Gasteiger partial charge in [0.15, 0.2) is 6.10 Å². The molecule has 6 nitrogen and oxygen atoms in total. The molecule has 0 radical (unpaired) electrons. The number of unbranched alkanes of at least 4 members (excludes halogenated alkanes) is 32. The Kier molecular flexibility index (Phi) is 54.3. The second-order valence-electron chi connectivity index (χ2n) is 19.5. The van der Waals surface area contributed by atoms with Crippen LogP contribution < -0.4 is 0 Å². The number of carbonyl (C=O) groups excluding carboxylic acids is 3. The molecule has 6 heteroatoms. The van der Waals surface area contributed by atoms with Crippen LogP contribution in [0.1, 0.15) is 297 Å². The van der Waals surface area contributed by atoms with Gasteiger partial charge >= 0.3 is 17.9 Å². The molecule has 0 fully saturated rings. The molecule has 0 bridgehead atoms.